The number of halogens is 1. The van der Waals surface area contributed by atoms with Crippen molar-refractivity contribution in [1.29, 1.82) is 0 Å². The molecule has 1 unspecified atom stereocenters. The summed E-state index contributed by atoms with van der Waals surface area (Å²) in [6, 6.07) is 4.03. The van der Waals surface area contributed by atoms with E-state index in [0.29, 0.717) is 12.3 Å². The van der Waals surface area contributed by atoms with Gasteiger partial charge in [0.15, 0.2) is 5.96 Å². The molecule has 0 saturated carbocycles. The van der Waals surface area contributed by atoms with Crippen LogP contribution in [-0.4, -0.2) is 46.3 Å². The molecule has 2 heterocycles. The molecule has 0 saturated heterocycles. The zero-order valence-corrected chi connectivity index (χ0v) is 17.5. The Labute approximate surface area is 178 Å². The Kier molecular flexibility index (Phi) is 6.00. The fraction of sp³-hybridized carbons (Fsp3) is 0.286. The van der Waals surface area contributed by atoms with E-state index < -0.39 is 17.3 Å². The number of nitrogens with two attached hydrogens (primary N) is 1. The van der Waals surface area contributed by atoms with Crippen LogP contribution in [0.4, 0.5) is 10.1 Å². The summed E-state index contributed by atoms with van der Waals surface area (Å²) in [7, 11) is 1.50. The van der Waals surface area contributed by atoms with E-state index in [0.717, 1.165) is 5.57 Å². The van der Waals surface area contributed by atoms with E-state index in [-0.39, 0.29) is 35.4 Å². The molecule has 10 heteroatoms. The smallest absolute Gasteiger partial charge is 0.275 e. The van der Waals surface area contributed by atoms with E-state index in [1.807, 2.05) is 6.92 Å². The van der Waals surface area contributed by atoms with Crippen molar-refractivity contribution < 1.29 is 18.7 Å². The first kappa shape index (κ1) is 21.9. The number of carbonyl (C=O) groups excluding carboxylic acids is 2. The lowest BCUT2D eigenvalue weighted by Crippen LogP contribution is -2.47. The van der Waals surface area contributed by atoms with Gasteiger partial charge in [0.05, 0.1) is 24.4 Å². The summed E-state index contributed by atoms with van der Waals surface area (Å²) < 4.78 is 19.9. The molecule has 162 valence electrons. The van der Waals surface area contributed by atoms with Gasteiger partial charge in [-0.05, 0) is 37.6 Å². The van der Waals surface area contributed by atoms with E-state index >= 15 is 0 Å². The highest BCUT2D eigenvalue weighted by atomic mass is 19.1. The van der Waals surface area contributed by atoms with E-state index in [1.165, 1.54) is 42.5 Å². The number of hydrogen-bond acceptors (Lipinski definition) is 7. The van der Waals surface area contributed by atoms with Gasteiger partial charge in [-0.15, -0.1) is 0 Å². The van der Waals surface area contributed by atoms with Crippen molar-refractivity contribution in [2.75, 3.05) is 19.0 Å². The number of amides is 2. The predicted molar refractivity (Wildman–Crippen MR) is 113 cm³/mol. The monoisotopic (exact) mass is 426 g/mol. The summed E-state index contributed by atoms with van der Waals surface area (Å²) in [5.74, 6) is -1.12. The van der Waals surface area contributed by atoms with Crippen molar-refractivity contribution in [3.8, 4) is 5.88 Å². The molecule has 3 rings (SSSR count). The molecular formula is C21H23FN6O3. The summed E-state index contributed by atoms with van der Waals surface area (Å²) in [6.45, 7) is 7.45. The molecule has 0 radical (unpaired) electrons. The van der Waals surface area contributed by atoms with Crippen molar-refractivity contribution in [3.05, 3.63) is 59.8 Å². The normalized spacial score (nSPS) is 18.4. The van der Waals surface area contributed by atoms with Crippen LogP contribution >= 0.6 is 0 Å². The lowest BCUT2D eigenvalue weighted by atomic mass is 9.87. The molecule has 1 atom stereocenters. The van der Waals surface area contributed by atoms with Crippen molar-refractivity contribution in [3.63, 3.8) is 0 Å². The molecule has 0 bridgehead atoms. The molecule has 31 heavy (non-hydrogen) atoms. The largest absolute Gasteiger partial charge is 0.472 e. The van der Waals surface area contributed by atoms with Gasteiger partial charge in [-0.1, -0.05) is 6.58 Å². The van der Waals surface area contributed by atoms with Crippen LogP contribution < -0.4 is 15.8 Å². The second-order valence-electron chi connectivity index (χ2n) is 7.51. The maximum atomic E-state index is 14.6. The van der Waals surface area contributed by atoms with Crippen LogP contribution in [-0.2, 0) is 10.3 Å². The highest BCUT2D eigenvalue weighted by Crippen LogP contribution is 2.35. The maximum absolute atomic E-state index is 14.6. The highest BCUT2D eigenvalue weighted by molar-refractivity contribution is 6.03. The topological polar surface area (TPSA) is 123 Å². The fourth-order valence-corrected chi connectivity index (χ4v) is 2.98. The Bertz CT molecular complexity index is 1070. The number of guanidine groups is 1. The quantitative estimate of drug-likeness (QED) is 0.683. The SMILES string of the molecule is C=C(C)COc1cnc(C(=O)Nc2ccc(F)c(C3(C)CC(=O)N(C)C(N)=N3)c2)cn1. The van der Waals surface area contributed by atoms with E-state index in [4.69, 9.17) is 10.5 Å². The number of ether oxygens (including phenoxy) is 1. The molecule has 0 fully saturated rings. The van der Waals surface area contributed by atoms with Gasteiger partial charge in [-0.2, -0.15) is 0 Å². The molecular weight excluding hydrogens is 403 g/mol. The zero-order chi connectivity index (χ0) is 22.8. The minimum atomic E-state index is -1.19. The van der Waals surface area contributed by atoms with E-state index in [2.05, 4.69) is 26.9 Å². The number of nitrogens with one attached hydrogen (secondary N) is 1. The van der Waals surface area contributed by atoms with Gasteiger partial charge in [-0.25, -0.2) is 19.4 Å². The van der Waals surface area contributed by atoms with Crippen molar-refractivity contribution in [2.45, 2.75) is 25.8 Å². The Balaban J connectivity index is 1.80. The molecule has 1 aromatic heterocycles. The van der Waals surface area contributed by atoms with Gasteiger partial charge in [0.1, 0.15) is 18.1 Å². The molecule has 0 spiro atoms. The van der Waals surface area contributed by atoms with Crippen LogP contribution in [0.15, 0.2) is 47.7 Å². The first-order chi connectivity index (χ1) is 14.6. The number of rotatable bonds is 6. The molecule has 3 N–H and O–H groups in total. The Morgan fingerprint density at radius 3 is 2.74 bits per heavy atom. The number of nitrogens with zero attached hydrogens (tertiary/aromatic N) is 4. The van der Waals surface area contributed by atoms with Gasteiger partial charge in [-0.3, -0.25) is 14.5 Å². The van der Waals surface area contributed by atoms with Crippen LogP contribution in [0, 0.1) is 5.82 Å². The molecule has 0 aliphatic carbocycles. The predicted octanol–water partition coefficient (Wildman–Crippen LogP) is 2.21. The third-order valence-corrected chi connectivity index (χ3v) is 4.71. The van der Waals surface area contributed by atoms with Crippen LogP contribution in [0.3, 0.4) is 0 Å². The van der Waals surface area contributed by atoms with E-state index in [9.17, 15) is 14.0 Å². The standard InChI is InChI=1S/C21H23FN6O3/c1-12(2)11-31-17-10-24-16(9-25-17)19(30)26-13-5-6-15(22)14(7-13)21(3)8-18(29)28(4)20(23)27-21/h5-7,9-10H,1,8,11H2,2-4H3,(H2,23,27)(H,26,30). The zero-order valence-electron chi connectivity index (χ0n) is 17.5. The molecule has 1 aromatic carbocycles. The van der Waals surface area contributed by atoms with Crippen molar-refractivity contribution in [2.24, 2.45) is 10.7 Å². The summed E-state index contributed by atoms with van der Waals surface area (Å²) in [5.41, 5.74) is 5.94. The average molecular weight is 426 g/mol. The summed E-state index contributed by atoms with van der Waals surface area (Å²) in [6.07, 6.45) is 2.54. The minimum absolute atomic E-state index is 0.00294. The number of aromatic nitrogens is 2. The van der Waals surface area contributed by atoms with Crippen LogP contribution in [0.5, 0.6) is 5.88 Å². The third kappa shape index (κ3) is 4.85. The number of carbonyl (C=O) groups is 2. The van der Waals surface area contributed by atoms with Crippen LogP contribution in [0.2, 0.25) is 0 Å². The first-order valence-electron chi connectivity index (χ1n) is 9.41. The summed E-state index contributed by atoms with van der Waals surface area (Å²) in [4.78, 5) is 38.3. The fourth-order valence-electron chi connectivity index (χ4n) is 2.98. The maximum Gasteiger partial charge on any atom is 0.275 e. The van der Waals surface area contributed by atoms with Crippen molar-refractivity contribution in [1.82, 2.24) is 14.9 Å². The summed E-state index contributed by atoms with van der Waals surface area (Å²) >= 11 is 0. The summed E-state index contributed by atoms with van der Waals surface area (Å²) in [5, 5.41) is 2.64. The lowest BCUT2D eigenvalue weighted by molar-refractivity contribution is -0.128. The Morgan fingerprint density at radius 1 is 1.39 bits per heavy atom. The van der Waals surface area contributed by atoms with Crippen LogP contribution in [0.25, 0.3) is 0 Å². The highest BCUT2D eigenvalue weighted by Gasteiger charge is 2.38. The van der Waals surface area contributed by atoms with Gasteiger partial charge in [0.2, 0.25) is 11.8 Å². The average Bonchev–Trinajstić information content (AvgIpc) is 2.72. The third-order valence-electron chi connectivity index (χ3n) is 4.71. The van der Waals surface area contributed by atoms with Gasteiger partial charge >= 0.3 is 0 Å². The first-order valence-corrected chi connectivity index (χ1v) is 9.41. The second kappa shape index (κ2) is 8.50. The van der Waals surface area contributed by atoms with E-state index in [1.54, 1.807) is 6.92 Å². The molecule has 2 aromatic rings. The van der Waals surface area contributed by atoms with Crippen LogP contribution in [0.1, 0.15) is 36.3 Å². The second-order valence-corrected chi connectivity index (χ2v) is 7.51. The number of anilines is 1. The van der Waals surface area contributed by atoms with Gasteiger partial charge in [0.25, 0.3) is 5.91 Å². The van der Waals surface area contributed by atoms with Gasteiger partial charge in [0, 0.05) is 18.3 Å². The number of hydrogen-bond donors (Lipinski definition) is 2. The minimum Gasteiger partial charge on any atom is -0.472 e. The molecule has 9 nitrogen and oxygen atoms in total. The molecule has 2 amide bonds. The lowest BCUT2D eigenvalue weighted by Gasteiger charge is -2.34. The molecule has 1 aliphatic rings. The Morgan fingerprint density at radius 2 is 2.13 bits per heavy atom. The number of benzene rings is 1. The Hall–Kier alpha value is -3.82. The molecule has 1 aliphatic heterocycles. The number of aliphatic imine (C=N–C) groups is 1. The van der Waals surface area contributed by atoms with Gasteiger partial charge < -0.3 is 15.8 Å². The van der Waals surface area contributed by atoms with Crippen molar-refractivity contribution >= 4 is 23.5 Å².